The van der Waals surface area contributed by atoms with Crippen molar-refractivity contribution in [3.63, 3.8) is 0 Å². The molecule has 1 amide bonds. The third kappa shape index (κ3) is 4.81. The lowest BCUT2D eigenvalue weighted by Gasteiger charge is -2.28. The van der Waals surface area contributed by atoms with Gasteiger partial charge in [0.05, 0.1) is 23.8 Å². The van der Waals surface area contributed by atoms with Gasteiger partial charge >= 0.3 is 6.18 Å². The topological polar surface area (TPSA) is 110 Å². The number of halogens is 3. The van der Waals surface area contributed by atoms with E-state index in [1.807, 2.05) is 0 Å². The molecule has 30 heavy (non-hydrogen) atoms. The zero-order chi connectivity index (χ0) is 22.1. The molecule has 0 bridgehead atoms. The van der Waals surface area contributed by atoms with Crippen molar-refractivity contribution in [2.45, 2.75) is 57.0 Å². The van der Waals surface area contributed by atoms with Crippen LogP contribution in [0.25, 0.3) is 0 Å². The Morgan fingerprint density at radius 1 is 1.27 bits per heavy atom. The number of carbonyl (C=O) groups excluding carboxylic acids is 1. The Morgan fingerprint density at radius 3 is 2.63 bits per heavy atom. The lowest BCUT2D eigenvalue weighted by Crippen LogP contribution is -2.38. The lowest BCUT2D eigenvalue weighted by atomic mass is 9.93. The monoisotopic (exact) mass is 424 g/mol. The highest BCUT2D eigenvalue weighted by Gasteiger charge is 2.32. The molecule has 10 heteroatoms. The van der Waals surface area contributed by atoms with Gasteiger partial charge in [0.1, 0.15) is 5.69 Å². The van der Waals surface area contributed by atoms with Crippen molar-refractivity contribution in [2.24, 2.45) is 0 Å². The van der Waals surface area contributed by atoms with Crippen LogP contribution in [0.1, 0.15) is 66.3 Å². The molecule has 1 heterocycles. The van der Waals surface area contributed by atoms with Crippen LogP contribution >= 0.6 is 0 Å². The molecular weight excluding hydrogens is 401 g/mol. The molecule has 3 rings (SSSR count). The van der Waals surface area contributed by atoms with E-state index in [-0.39, 0.29) is 16.9 Å². The number of aromatic nitrogens is 2. The molecule has 0 radical (unpaired) electrons. The Kier molecular flexibility index (Phi) is 6.16. The standard InChI is InChI=1S/C20H23F3N4O3/c1-11(12-8-13(20(21,22)23)10-14(24)9-12)25-19(30)15-6-7-18(29)27(26-15)16-4-2-3-5-17(16)28/h6-11,16-17,28H,2-5,24H2,1H3,(H,25,30)/t11-,16+,17+/m1/s1. The van der Waals surface area contributed by atoms with E-state index in [1.165, 1.54) is 25.1 Å². The number of nitrogens with one attached hydrogen (secondary N) is 1. The van der Waals surface area contributed by atoms with E-state index in [1.54, 1.807) is 0 Å². The summed E-state index contributed by atoms with van der Waals surface area (Å²) in [6.07, 6.45) is -2.49. The van der Waals surface area contributed by atoms with Gasteiger partial charge in [0.25, 0.3) is 11.5 Å². The number of hydrogen-bond acceptors (Lipinski definition) is 5. The Hall–Kier alpha value is -2.88. The maximum Gasteiger partial charge on any atom is 0.416 e. The largest absolute Gasteiger partial charge is 0.416 e. The second kappa shape index (κ2) is 8.47. The molecule has 1 fully saturated rings. The van der Waals surface area contributed by atoms with E-state index >= 15 is 0 Å². The molecule has 0 saturated heterocycles. The fraction of sp³-hybridized carbons (Fsp3) is 0.450. The average molecular weight is 424 g/mol. The zero-order valence-corrected chi connectivity index (χ0v) is 16.3. The van der Waals surface area contributed by atoms with E-state index in [2.05, 4.69) is 10.4 Å². The molecule has 0 aliphatic heterocycles. The van der Waals surface area contributed by atoms with Crippen molar-refractivity contribution < 1.29 is 23.1 Å². The van der Waals surface area contributed by atoms with Crippen LogP contribution in [0.5, 0.6) is 0 Å². The smallest absolute Gasteiger partial charge is 0.399 e. The Labute approximate surface area is 170 Å². The van der Waals surface area contributed by atoms with Crippen LogP contribution in [0.4, 0.5) is 18.9 Å². The molecule has 1 saturated carbocycles. The van der Waals surface area contributed by atoms with Crippen molar-refractivity contribution in [2.75, 3.05) is 5.73 Å². The number of benzene rings is 1. The summed E-state index contributed by atoms with van der Waals surface area (Å²) >= 11 is 0. The van der Waals surface area contributed by atoms with Crippen LogP contribution in [0.15, 0.2) is 35.1 Å². The van der Waals surface area contributed by atoms with Crippen LogP contribution in [-0.2, 0) is 6.18 Å². The third-order valence-corrected chi connectivity index (χ3v) is 5.22. The molecule has 0 unspecified atom stereocenters. The van der Waals surface area contributed by atoms with E-state index in [9.17, 15) is 27.9 Å². The van der Waals surface area contributed by atoms with Gasteiger partial charge in [-0.3, -0.25) is 9.59 Å². The Morgan fingerprint density at radius 2 is 1.97 bits per heavy atom. The second-order valence-electron chi connectivity index (χ2n) is 7.50. The first-order valence-electron chi connectivity index (χ1n) is 9.62. The number of nitrogens with zero attached hydrogens (tertiary/aromatic N) is 2. The van der Waals surface area contributed by atoms with Crippen molar-refractivity contribution >= 4 is 11.6 Å². The first-order chi connectivity index (χ1) is 14.1. The molecule has 3 atom stereocenters. The number of nitrogen functional groups attached to an aromatic ring is 1. The van der Waals surface area contributed by atoms with Crippen LogP contribution < -0.4 is 16.6 Å². The number of carbonyl (C=O) groups is 1. The van der Waals surface area contributed by atoms with E-state index in [4.69, 9.17) is 5.73 Å². The molecule has 1 aliphatic carbocycles. The van der Waals surface area contributed by atoms with Crippen molar-refractivity contribution in [3.05, 3.63) is 57.5 Å². The number of amides is 1. The molecule has 1 aromatic heterocycles. The summed E-state index contributed by atoms with van der Waals surface area (Å²) in [6.45, 7) is 1.52. The van der Waals surface area contributed by atoms with Crippen molar-refractivity contribution in [1.29, 1.82) is 0 Å². The SMILES string of the molecule is C[C@@H](NC(=O)c1ccc(=O)n([C@H]2CCCC[C@@H]2O)n1)c1cc(N)cc(C(F)(F)F)c1. The number of nitrogens with two attached hydrogens (primary N) is 1. The van der Waals surface area contributed by atoms with Gasteiger partial charge in [-0.1, -0.05) is 12.8 Å². The summed E-state index contributed by atoms with van der Waals surface area (Å²) in [4.78, 5) is 24.8. The summed E-state index contributed by atoms with van der Waals surface area (Å²) in [6, 6.07) is 4.24. The fourth-order valence-corrected chi connectivity index (χ4v) is 3.61. The zero-order valence-electron chi connectivity index (χ0n) is 16.3. The average Bonchev–Trinajstić information content (AvgIpc) is 2.67. The highest BCUT2D eigenvalue weighted by molar-refractivity contribution is 5.92. The summed E-state index contributed by atoms with van der Waals surface area (Å²) in [5, 5.41) is 16.9. The van der Waals surface area contributed by atoms with Crippen LogP contribution in [0, 0.1) is 0 Å². The van der Waals surface area contributed by atoms with Crippen LogP contribution in [-0.4, -0.2) is 26.9 Å². The Balaban J connectivity index is 1.82. The molecular formula is C20H23F3N4O3. The molecule has 1 aromatic carbocycles. The number of aliphatic hydroxyl groups is 1. The maximum absolute atomic E-state index is 13.0. The molecule has 162 valence electrons. The molecule has 1 aliphatic rings. The summed E-state index contributed by atoms with van der Waals surface area (Å²) in [5.41, 5.74) is 4.29. The number of anilines is 1. The number of hydrogen-bond donors (Lipinski definition) is 3. The molecule has 0 spiro atoms. The first kappa shape index (κ1) is 21.8. The minimum atomic E-state index is -4.56. The Bertz CT molecular complexity index is 990. The third-order valence-electron chi connectivity index (χ3n) is 5.22. The first-order valence-corrected chi connectivity index (χ1v) is 9.62. The van der Waals surface area contributed by atoms with E-state index in [0.717, 1.165) is 29.7 Å². The minimum Gasteiger partial charge on any atom is -0.399 e. The summed E-state index contributed by atoms with van der Waals surface area (Å²) in [5.74, 6) is -0.655. The molecule has 4 N–H and O–H groups in total. The van der Waals surface area contributed by atoms with Gasteiger partial charge < -0.3 is 16.2 Å². The maximum atomic E-state index is 13.0. The minimum absolute atomic E-state index is 0.0702. The van der Waals surface area contributed by atoms with Gasteiger partial charge in [0.15, 0.2) is 0 Å². The molecule has 2 aromatic rings. The number of alkyl halides is 3. The van der Waals surface area contributed by atoms with Crippen molar-refractivity contribution in [1.82, 2.24) is 15.1 Å². The predicted octanol–water partition coefficient (Wildman–Crippen LogP) is 2.81. The summed E-state index contributed by atoms with van der Waals surface area (Å²) < 4.78 is 40.2. The summed E-state index contributed by atoms with van der Waals surface area (Å²) in [7, 11) is 0. The van der Waals surface area contributed by atoms with Gasteiger partial charge in [-0.15, -0.1) is 0 Å². The fourth-order valence-electron chi connectivity index (χ4n) is 3.61. The highest BCUT2D eigenvalue weighted by Crippen LogP contribution is 2.32. The quantitative estimate of drug-likeness (QED) is 0.654. The van der Waals surface area contributed by atoms with Crippen molar-refractivity contribution in [3.8, 4) is 0 Å². The normalized spacial score (nSPS) is 20.6. The van der Waals surface area contributed by atoms with E-state index in [0.29, 0.717) is 12.8 Å². The molecule has 7 nitrogen and oxygen atoms in total. The number of rotatable bonds is 4. The van der Waals surface area contributed by atoms with Gasteiger partial charge in [-0.2, -0.15) is 18.3 Å². The van der Waals surface area contributed by atoms with E-state index < -0.39 is 41.4 Å². The van der Waals surface area contributed by atoms with Crippen LogP contribution in [0.2, 0.25) is 0 Å². The van der Waals surface area contributed by atoms with Gasteiger partial charge in [0.2, 0.25) is 0 Å². The lowest BCUT2D eigenvalue weighted by molar-refractivity contribution is -0.137. The van der Waals surface area contributed by atoms with Crippen LogP contribution in [0.3, 0.4) is 0 Å². The predicted molar refractivity (Wildman–Crippen MR) is 104 cm³/mol. The number of aliphatic hydroxyl groups excluding tert-OH is 1. The second-order valence-corrected chi connectivity index (χ2v) is 7.50. The van der Waals surface area contributed by atoms with Gasteiger partial charge in [-0.05, 0) is 49.6 Å². The van der Waals surface area contributed by atoms with Gasteiger partial charge in [0, 0.05) is 11.8 Å². The highest BCUT2D eigenvalue weighted by atomic mass is 19.4. The van der Waals surface area contributed by atoms with Gasteiger partial charge in [-0.25, -0.2) is 4.68 Å².